The SMILES string of the molecule is CCOC(=O)C1=CC(=O)OC2C3=C4C(=CC12)CCCN4CCC3. The first-order valence-electron chi connectivity index (χ1n) is 8.47. The Bertz CT molecular complexity index is 658. The lowest BCUT2D eigenvalue weighted by molar-refractivity contribution is -0.148. The third-order valence-corrected chi connectivity index (χ3v) is 5.11. The van der Waals surface area contributed by atoms with E-state index in [0.717, 1.165) is 38.8 Å². The van der Waals surface area contributed by atoms with E-state index in [9.17, 15) is 9.59 Å². The summed E-state index contributed by atoms with van der Waals surface area (Å²) in [5.41, 5.74) is 4.22. The zero-order valence-electron chi connectivity index (χ0n) is 13.3. The lowest BCUT2D eigenvalue weighted by Crippen LogP contribution is -2.44. The Morgan fingerprint density at radius 1 is 1.35 bits per heavy atom. The molecule has 0 bridgehead atoms. The van der Waals surface area contributed by atoms with Gasteiger partial charge in [0.05, 0.1) is 18.1 Å². The van der Waals surface area contributed by atoms with E-state index >= 15 is 0 Å². The van der Waals surface area contributed by atoms with Crippen LogP contribution in [-0.2, 0) is 19.1 Å². The minimum absolute atomic E-state index is 0.196. The monoisotopic (exact) mass is 315 g/mol. The van der Waals surface area contributed by atoms with Gasteiger partial charge in [0.1, 0.15) is 6.10 Å². The van der Waals surface area contributed by atoms with E-state index in [1.54, 1.807) is 6.92 Å². The van der Waals surface area contributed by atoms with Gasteiger partial charge in [-0.1, -0.05) is 6.08 Å². The van der Waals surface area contributed by atoms with Crippen molar-refractivity contribution < 1.29 is 19.1 Å². The van der Waals surface area contributed by atoms with E-state index < -0.39 is 11.9 Å². The van der Waals surface area contributed by atoms with E-state index in [1.807, 2.05) is 0 Å². The van der Waals surface area contributed by atoms with Crippen LogP contribution in [-0.4, -0.2) is 42.6 Å². The molecular formula is C18H21NO4. The molecule has 1 aliphatic carbocycles. The highest BCUT2D eigenvalue weighted by molar-refractivity contribution is 5.98. The van der Waals surface area contributed by atoms with Crippen molar-refractivity contribution in [2.45, 2.75) is 38.7 Å². The van der Waals surface area contributed by atoms with E-state index in [2.05, 4.69) is 11.0 Å². The number of carbonyl (C=O) groups excluding carboxylic acids is 2. The number of piperidine rings is 1. The first-order chi connectivity index (χ1) is 11.2. The Kier molecular flexibility index (Phi) is 3.51. The van der Waals surface area contributed by atoms with Crippen LogP contribution in [0.4, 0.5) is 0 Å². The Morgan fingerprint density at radius 2 is 2.13 bits per heavy atom. The number of esters is 2. The Labute approximate surface area is 135 Å². The molecule has 1 saturated heterocycles. The molecule has 0 aromatic carbocycles. The Balaban J connectivity index is 1.77. The van der Waals surface area contributed by atoms with Crippen LogP contribution in [0.5, 0.6) is 0 Å². The number of carbonyl (C=O) groups is 2. The molecule has 23 heavy (non-hydrogen) atoms. The van der Waals surface area contributed by atoms with Gasteiger partial charge in [-0.2, -0.15) is 0 Å². The molecule has 0 amide bonds. The molecule has 0 saturated carbocycles. The Hall–Kier alpha value is -2.04. The number of hydrogen-bond acceptors (Lipinski definition) is 5. The second-order valence-corrected chi connectivity index (χ2v) is 6.46. The quantitative estimate of drug-likeness (QED) is 0.731. The van der Waals surface area contributed by atoms with Crippen LogP contribution in [0.25, 0.3) is 0 Å². The van der Waals surface area contributed by atoms with Gasteiger partial charge in [-0.15, -0.1) is 0 Å². The maximum absolute atomic E-state index is 12.3. The molecule has 122 valence electrons. The van der Waals surface area contributed by atoms with Crippen molar-refractivity contribution in [3.63, 3.8) is 0 Å². The fourth-order valence-electron chi connectivity index (χ4n) is 4.25. The molecule has 3 heterocycles. The summed E-state index contributed by atoms with van der Waals surface area (Å²) in [4.78, 5) is 26.7. The van der Waals surface area contributed by atoms with Gasteiger partial charge in [0.25, 0.3) is 0 Å². The molecule has 0 aromatic rings. The van der Waals surface area contributed by atoms with E-state index in [1.165, 1.54) is 22.9 Å². The van der Waals surface area contributed by atoms with Crippen molar-refractivity contribution in [1.82, 2.24) is 4.90 Å². The second kappa shape index (κ2) is 5.55. The largest absolute Gasteiger partial charge is 0.463 e. The highest BCUT2D eigenvalue weighted by Gasteiger charge is 2.44. The summed E-state index contributed by atoms with van der Waals surface area (Å²) in [5, 5.41) is 0. The molecule has 3 aliphatic heterocycles. The molecule has 4 aliphatic rings. The smallest absolute Gasteiger partial charge is 0.335 e. The van der Waals surface area contributed by atoms with Gasteiger partial charge >= 0.3 is 11.9 Å². The number of fused-ring (bicyclic) bond motifs is 2. The van der Waals surface area contributed by atoms with Crippen molar-refractivity contribution in [2.75, 3.05) is 19.7 Å². The highest BCUT2D eigenvalue weighted by Crippen LogP contribution is 2.45. The summed E-state index contributed by atoms with van der Waals surface area (Å²) in [5.74, 6) is -1.03. The van der Waals surface area contributed by atoms with Gasteiger partial charge < -0.3 is 14.4 Å². The fourth-order valence-corrected chi connectivity index (χ4v) is 4.25. The third-order valence-electron chi connectivity index (χ3n) is 5.11. The average Bonchev–Trinajstić information content (AvgIpc) is 2.55. The van der Waals surface area contributed by atoms with Crippen molar-refractivity contribution in [3.05, 3.63) is 34.6 Å². The number of ether oxygens (including phenoxy) is 2. The van der Waals surface area contributed by atoms with Crippen LogP contribution >= 0.6 is 0 Å². The van der Waals surface area contributed by atoms with Crippen LogP contribution in [0.2, 0.25) is 0 Å². The number of allylic oxidation sites excluding steroid dienone is 1. The fraction of sp³-hybridized carbons (Fsp3) is 0.556. The van der Waals surface area contributed by atoms with Gasteiger partial charge in [-0.05, 0) is 43.8 Å². The van der Waals surface area contributed by atoms with Crippen LogP contribution in [0, 0.1) is 5.92 Å². The standard InChI is InChI=1S/C18H21NO4/c1-2-22-18(21)14-10-15(20)23-17-12-6-4-8-19-7-3-5-11(16(12)19)9-13(14)17/h9-10,13,17H,2-8H2,1H3. The molecule has 0 spiro atoms. The molecule has 5 nitrogen and oxygen atoms in total. The molecule has 0 N–H and O–H groups in total. The summed E-state index contributed by atoms with van der Waals surface area (Å²) >= 11 is 0. The van der Waals surface area contributed by atoms with Crippen molar-refractivity contribution in [2.24, 2.45) is 5.92 Å². The third kappa shape index (κ3) is 2.30. The van der Waals surface area contributed by atoms with E-state index in [0.29, 0.717) is 12.2 Å². The molecular weight excluding hydrogens is 294 g/mol. The van der Waals surface area contributed by atoms with Gasteiger partial charge in [0.2, 0.25) is 0 Å². The first kappa shape index (κ1) is 14.5. The lowest BCUT2D eigenvalue weighted by Gasteiger charge is -2.45. The minimum Gasteiger partial charge on any atom is -0.463 e. The molecule has 0 aromatic heterocycles. The number of hydrogen-bond donors (Lipinski definition) is 0. The van der Waals surface area contributed by atoms with Crippen molar-refractivity contribution in [3.8, 4) is 0 Å². The normalized spacial score (nSPS) is 29.1. The van der Waals surface area contributed by atoms with Crippen molar-refractivity contribution >= 4 is 11.9 Å². The zero-order chi connectivity index (χ0) is 16.0. The zero-order valence-corrected chi connectivity index (χ0v) is 13.3. The van der Waals surface area contributed by atoms with E-state index in [4.69, 9.17) is 9.47 Å². The van der Waals surface area contributed by atoms with Crippen molar-refractivity contribution in [1.29, 1.82) is 0 Å². The van der Waals surface area contributed by atoms with Crippen LogP contribution < -0.4 is 0 Å². The van der Waals surface area contributed by atoms with E-state index in [-0.39, 0.29) is 12.0 Å². The summed E-state index contributed by atoms with van der Waals surface area (Å²) in [6.07, 6.45) is 7.29. The summed E-state index contributed by atoms with van der Waals surface area (Å²) in [6.45, 7) is 4.22. The molecule has 4 rings (SSSR count). The van der Waals surface area contributed by atoms with Gasteiger partial charge in [-0.3, -0.25) is 0 Å². The summed E-state index contributed by atoms with van der Waals surface area (Å²) in [6, 6.07) is 0. The minimum atomic E-state index is -0.438. The van der Waals surface area contributed by atoms with Gasteiger partial charge in [0, 0.05) is 24.9 Å². The first-order valence-corrected chi connectivity index (χ1v) is 8.47. The summed E-state index contributed by atoms with van der Waals surface area (Å²) < 4.78 is 10.8. The molecule has 2 atom stereocenters. The Morgan fingerprint density at radius 3 is 2.91 bits per heavy atom. The molecule has 2 unspecified atom stereocenters. The molecule has 5 heteroatoms. The highest BCUT2D eigenvalue weighted by atomic mass is 16.5. The number of rotatable bonds is 2. The van der Waals surface area contributed by atoms with Crippen LogP contribution in [0.3, 0.4) is 0 Å². The molecule has 0 radical (unpaired) electrons. The maximum atomic E-state index is 12.3. The van der Waals surface area contributed by atoms with Crippen LogP contribution in [0.1, 0.15) is 32.6 Å². The lowest BCUT2D eigenvalue weighted by atomic mass is 9.74. The predicted octanol–water partition coefficient (Wildman–Crippen LogP) is 2.10. The van der Waals surface area contributed by atoms with Gasteiger partial charge in [0.15, 0.2) is 0 Å². The molecule has 1 fully saturated rings. The average molecular weight is 315 g/mol. The van der Waals surface area contributed by atoms with Gasteiger partial charge in [-0.25, -0.2) is 9.59 Å². The maximum Gasteiger partial charge on any atom is 0.335 e. The van der Waals surface area contributed by atoms with Crippen LogP contribution in [0.15, 0.2) is 34.6 Å². The number of nitrogens with zero attached hydrogens (tertiary/aromatic N) is 1. The summed E-state index contributed by atoms with van der Waals surface area (Å²) in [7, 11) is 0. The second-order valence-electron chi connectivity index (χ2n) is 6.46. The topological polar surface area (TPSA) is 55.8 Å². The predicted molar refractivity (Wildman–Crippen MR) is 83.2 cm³/mol.